The van der Waals surface area contributed by atoms with E-state index in [1.807, 2.05) is 26.0 Å². The predicted molar refractivity (Wildman–Crippen MR) is 118 cm³/mol. The van der Waals surface area contributed by atoms with Crippen molar-refractivity contribution in [2.24, 2.45) is 35.5 Å². The summed E-state index contributed by atoms with van der Waals surface area (Å²) in [6.45, 7) is 3.98. The molecule has 0 unspecified atom stereocenters. The highest BCUT2D eigenvalue weighted by molar-refractivity contribution is 6.22. The minimum atomic E-state index is -0.216. The van der Waals surface area contributed by atoms with Crippen LogP contribution in [-0.4, -0.2) is 17.7 Å². The van der Waals surface area contributed by atoms with Crippen LogP contribution in [0, 0.1) is 49.4 Å². The highest BCUT2D eigenvalue weighted by Crippen LogP contribution is 2.65. The van der Waals surface area contributed by atoms with Gasteiger partial charge in [0.15, 0.2) is 0 Å². The van der Waals surface area contributed by atoms with Crippen molar-refractivity contribution in [3.63, 3.8) is 0 Å². The van der Waals surface area contributed by atoms with E-state index in [2.05, 4.69) is 23.5 Å². The van der Waals surface area contributed by atoms with Crippen LogP contribution in [0.25, 0.3) is 0 Å². The van der Waals surface area contributed by atoms with E-state index >= 15 is 0 Å². The van der Waals surface area contributed by atoms with Gasteiger partial charge in [-0.1, -0.05) is 18.2 Å². The van der Waals surface area contributed by atoms with E-state index in [0.29, 0.717) is 23.1 Å². The maximum Gasteiger partial charge on any atom is 0.255 e. The molecule has 3 amide bonds. The Labute approximate surface area is 181 Å². The molecule has 6 atom stereocenters. The SMILES string of the molecule is Cc1cc(C)cc(NC(=O)c2ccc(N3C(=O)[C@@H]4[C@H]5C=C[C@@H]([C@@H]6C[C@H]56)[C@@H]4C3=O)cc2)c1. The molecule has 2 bridgehead atoms. The Bertz CT molecular complexity index is 1110. The zero-order chi connectivity index (χ0) is 21.4. The first kappa shape index (κ1) is 18.6. The molecule has 4 aliphatic carbocycles. The van der Waals surface area contributed by atoms with Gasteiger partial charge in [0, 0.05) is 11.3 Å². The number of benzene rings is 2. The summed E-state index contributed by atoms with van der Waals surface area (Å²) in [5, 5.41) is 2.92. The van der Waals surface area contributed by atoms with Gasteiger partial charge >= 0.3 is 0 Å². The molecule has 3 fully saturated rings. The summed E-state index contributed by atoms with van der Waals surface area (Å²) in [7, 11) is 0. The summed E-state index contributed by atoms with van der Waals surface area (Å²) in [4.78, 5) is 40.5. The molecular weight excluding hydrogens is 388 g/mol. The molecule has 1 N–H and O–H groups in total. The minimum Gasteiger partial charge on any atom is -0.322 e. The fraction of sp³-hybridized carbons (Fsp3) is 0.346. The molecule has 2 aromatic carbocycles. The number of hydrogen-bond donors (Lipinski definition) is 1. The zero-order valence-corrected chi connectivity index (χ0v) is 17.5. The first-order valence-electron chi connectivity index (χ1n) is 11.0. The molecule has 31 heavy (non-hydrogen) atoms. The van der Waals surface area contributed by atoms with Crippen LogP contribution in [0.15, 0.2) is 54.6 Å². The number of nitrogens with one attached hydrogen (secondary N) is 1. The topological polar surface area (TPSA) is 66.5 Å². The van der Waals surface area contributed by atoms with Crippen molar-refractivity contribution in [3.8, 4) is 0 Å². The molecule has 1 heterocycles. The van der Waals surface area contributed by atoms with Crippen molar-refractivity contribution >= 4 is 29.1 Å². The van der Waals surface area contributed by atoms with Gasteiger partial charge in [0.1, 0.15) is 0 Å². The van der Waals surface area contributed by atoms with Crippen LogP contribution < -0.4 is 10.2 Å². The quantitative estimate of drug-likeness (QED) is 0.609. The van der Waals surface area contributed by atoms with Crippen molar-refractivity contribution in [3.05, 3.63) is 71.3 Å². The van der Waals surface area contributed by atoms with Gasteiger partial charge in [-0.05, 0) is 91.5 Å². The van der Waals surface area contributed by atoms with E-state index in [1.54, 1.807) is 24.3 Å². The molecule has 156 valence electrons. The second-order valence-corrected chi connectivity index (χ2v) is 9.54. The minimum absolute atomic E-state index is 0.0767. The predicted octanol–water partition coefficient (Wildman–Crippen LogP) is 4.11. The Morgan fingerprint density at radius 1 is 0.871 bits per heavy atom. The molecule has 5 heteroatoms. The largest absolute Gasteiger partial charge is 0.322 e. The standard InChI is InChI=1S/C26H24N2O3/c1-13-9-14(2)11-16(10-13)27-24(29)15-3-5-17(6-4-15)28-25(30)22-18-7-8-19(21-12-20(18)21)23(22)26(28)31/h3-11,18-23H,12H2,1-2H3,(H,27,29)/t18-,19-,20-,21+,22-,23+/m0/s1. The normalized spacial score (nSPS) is 32.1. The van der Waals surface area contributed by atoms with Gasteiger partial charge in [-0.2, -0.15) is 0 Å². The molecule has 5 aliphatic rings. The maximum atomic E-state index is 13.2. The number of hydrogen-bond acceptors (Lipinski definition) is 3. The third-order valence-electron chi connectivity index (χ3n) is 7.53. The second-order valence-electron chi connectivity index (χ2n) is 9.54. The molecule has 2 saturated carbocycles. The van der Waals surface area contributed by atoms with Crippen LogP contribution in [0.3, 0.4) is 0 Å². The van der Waals surface area contributed by atoms with Crippen molar-refractivity contribution in [2.75, 3.05) is 10.2 Å². The number of anilines is 2. The molecule has 5 nitrogen and oxygen atoms in total. The number of carbonyl (C=O) groups is 3. The Balaban J connectivity index is 1.23. The molecule has 7 rings (SSSR count). The first-order valence-corrected chi connectivity index (χ1v) is 11.0. The number of rotatable bonds is 3. The molecule has 0 aromatic heterocycles. The summed E-state index contributed by atoms with van der Waals surface area (Å²) in [5.74, 6) is 0.811. The van der Waals surface area contributed by atoms with Gasteiger partial charge in [-0.15, -0.1) is 0 Å². The summed E-state index contributed by atoms with van der Waals surface area (Å²) in [6, 6.07) is 12.7. The van der Waals surface area contributed by atoms with Gasteiger partial charge < -0.3 is 5.32 Å². The van der Waals surface area contributed by atoms with Crippen molar-refractivity contribution < 1.29 is 14.4 Å². The molecule has 1 aliphatic heterocycles. The molecular formula is C26H24N2O3. The Morgan fingerprint density at radius 2 is 1.42 bits per heavy atom. The van der Waals surface area contributed by atoms with E-state index in [1.165, 1.54) is 4.90 Å². The van der Waals surface area contributed by atoms with Crippen LogP contribution in [0.1, 0.15) is 27.9 Å². The Hall–Kier alpha value is -3.21. The number of allylic oxidation sites excluding steroid dienone is 2. The lowest BCUT2D eigenvalue weighted by Crippen LogP contribution is -2.40. The van der Waals surface area contributed by atoms with Gasteiger partial charge in [-0.25, -0.2) is 0 Å². The smallest absolute Gasteiger partial charge is 0.255 e. The number of nitrogens with zero attached hydrogens (tertiary/aromatic N) is 1. The van der Waals surface area contributed by atoms with Gasteiger partial charge in [-0.3, -0.25) is 19.3 Å². The third-order valence-corrected chi connectivity index (χ3v) is 7.53. The zero-order valence-electron chi connectivity index (χ0n) is 17.5. The van der Waals surface area contributed by atoms with Crippen LogP contribution in [0.4, 0.5) is 11.4 Å². The Kier molecular flexibility index (Phi) is 3.83. The van der Waals surface area contributed by atoms with Crippen LogP contribution in [-0.2, 0) is 9.59 Å². The van der Waals surface area contributed by atoms with E-state index in [9.17, 15) is 14.4 Å². The lowest BCUT2D eigenvalue weighted by molar-refractivity contribution is -0.124. The number of aryl methyl sites for hydroxylation is 2. The summed E-state index contributed by atoms with van der Waals surface area (Å²) in [5.41, 5.74) is 3.96. The number of imide groups is 1. The number of carbonyl (C=O) groups excluding carboxylic acids is 3. The van der Waals surface area contributed by atoms with Crippen molar-refractivity contribution in [2.45, 2.75) is 20.3 Å². The lowest BCUT2D eigenvalue weighted by Gasteiger charge is -2.37. The van der Waals surface area contributed by atoms with Crippen LogP contribution >= 0.6 is 0 Å². The second kappa shape index (κ2) is 6.39. The fourth-order valence-electron chi connectivity index (χ4n) is 6.22. The molecule has 0 spiro atoms. The monoisotopic (exact) mass is 412 g/mol. The van der Waals surface area contributed by atoms with E-state index in [0.717, 1.165) is 23.2 Å². The van der Waals surface area contributed by atoms with Gasteiger partial charge in [0.25, 0.3) is 5.91 Å². The highest BCUT2D eigenvalue weighted by Gasteiger charge is 2.67. The van der Waals surface area contributed by atoms with Gasteiger partial charge in [0.2, 0.25) is 11.8 Å². The maximum absolute atomic E-state index is 13.2. The average Bonchev–Trinajstić information content (AvgIpc) is 3.51. The molecule has 1 saturated heterocycles. The van der Waals surface area contributed by atoms with E-state index < -0.39 is 0 Å². The molecule has 2 aromatic rings. The van der Waals surface area contributed by atoms with Gasteiger partial charge in [0.05, 0.1) is 17.5 Å². The Morgan fingerprint density at radius 3 is 1.97 bits per heavy atom. The lowest BCUT2D eigenvalue weighted by atomic mass is 9.63. The van der Waals surface area contributed by atoms with Crippen LogP contribution in [0.2, 0.25) is 0 Å². The average molecular weight is 412 g/mol. The van der Waals surface area contributed by atoms with Crippen molar-refractivity contribution in [1.82, 2.24) is 0 Å². The van der Waals surface area contributed by atoms with E-state index in [-0.39, 0.29) is 41.4 Å². The van der Waals surface area contributed by atoms with Crippen molar-refractivity contribution in [1.29, 1.82) is 0 Å². The summed E-state index contributed by atoms with van der Waals surface area (Å²) >= 11 is 0. The van der Waals surface area contributed by atoms with E-state index in [4.69, 9.17) is 0 Å². The number of amides is 3. The molecule has 0 radical (unpaired) electrons. The third kappa shape index (κ3) is 2.72. The highest BCUT2D eigenvalue weighted by atomic mass is 16.2. The fourth-order valence-corrected chi connectivity index (χ4v) is 6.22. The van der Waals surface area contributed by atoms with Crippen LogP contribution in [0.5, 0.6) is 0 Å². The summed E-state index contributed by atoms with van der Waals surface area (Å²) < 4.78 is 0. The summed E-state index contributed by atoms with van der Waals surface area (Å²) in [6.07, 6.45) is 5.50. The first-order chi connectivity index (χ1) is 14.9.